The molecule has 0 aliphatic heterocycles. The lowest BCUT2D eigenvalue weighted by Gasteiger charge is -2.20. The fraction of sp³-hybridized carbons (Fsp3) is 0.294. The molecule has 0 radical (unpaired) electrons. The van der Waals surface area contributed by atoms with Gasteiger partial charge in [-0.15, -0.1) is 0 Å². The monoisotopic (exact) mass is 316 g/mol. The van der Waals surface area contributed by atoms with Crippen molar-refractivity contribution in [1.29, 1.82) is 0 Å². The van der Waals surface area contributed by atoms with Crippen molar-refractivity contribution in [3.05, 3.63) is 64.1 Å². The molecule has 6 heteroatoms. The summed E-state index contributed by atoms with van der Waals surface area (Å²) in [6.45, 7) is 1.34. The lowest BCUT2D eigenvalue weighted by Crippen LogP contribution is -2.25. The average Bonchev–Trinajstić information content (AvgIpc) is 2.51. The van der Waals surface area contributed by atoms with Crippen LogP contribution in [0.1, 0.15) is 17.7 Å². The van der Waals surface area contributed by atoms with Gasteiger partial charge in [-0.1, -0.05) is 30.3 Å². The highest BCUT2D eigenvalue weighted by atomic mass is 16.4. The fourth-order valence-corrected chi connectivity index (χ4v) is 2.31. The lowest BCUT2D eigenvalue weighted by atomic mass is 10.2. The number of rotatable bonds is 7. The summed E-state index contributed by atoms with van der Waals surface area (Å²) < 4.78 is 1.81. The summed E-state index contributed by atoms with van der Waals surface area (Å²) in [5, 5.41) is 18.4. The highest BCUT2D eigenvalue weighted by Gasteiger charge is 2.10. The molecule has 1 heterocycles. The van der Waals surface area contributed by atoms with E-state index in [-0.39, 0.29) is 12.2 Å². The Hall–Kier alpha value is -2.60. The van der Waals surface area contributed by atoms with Gasteiger partial charge < -0.3 is 19.7 Å². The van der Waals surface area contributed by atoms with Gasteiger partial charge in [-0.2, -0.15) is 0 Å². The molecule has 0 aliphatic carbocycles. The van der Waals surface area contributed by atoms with Crippen LogP contribution in [0, 0.1) is 0 Å². The third kappa shape index (κ3) is 4.96. The minimum Gasteiger partial charge on any atom is -0.503 e. The van der Waals surface area contributed by atoms with Crippen molar-refractivity contribution in [2.75, 3.05) is 13.6 Å². The number of hydrogen-bond donors (Lipinski definition) is 2. The summed E-state index contributed by atoms with van der Waals surface area (Å²) in [6, 6.07) is 11.1. The number of benzene rings is 1. The lowest BCUT2D eigenvalue weighted by molar-refractivity contribution is -0.137. The number of aromatic nitrogens is 1. The first-order valence-corrected chi connectivity index (χ1v) is 7.32. The minimum absolute atomic E-state index is 0.0392. The van der Waals surface area contributed by atoms with Crippen molar-refractivity contribution in [2.24, 2.45) is 0 Å². The Morgan fingerprint density at radius 2 is 1.96 bits per heavy atom. The molecule has 0 bridgehead atoms. The van der Waals surface area contributed by atoms with Crippen LogP contribution in [0.3, 0.4) is 0 Å². The maximum atomic E-state index is 11.7. The number of carbonyl (C=O) groups is 1. The van der Waals surface area contributed by atoms with E-state index in [1.807, 2.05) is 39.8 Å². The summed E-state index contributed by atoms with van der Waals surface area (Å²) >= 11 is 0. The van der Waals surface area contributed by atoms with Gasteiger partial charge in [0.2, 0.25) is 5.43 Å². The maximum absolute atomic E-state index is 11.7. The van der Waals surface area contributed by atoms with Crippen molar-refractivity contribution >= 4 is 5.97 Å². The topological polar surface area (TPSA) is 82.8 Å². The number of carboxylic acids is 1. The molecular weight excluding hydrogens is 296 g/mol. The second-order valence-corrected chi connectivity index (χ2v) is 5.51. The van der Waals surface area contributed by atoms with Crippen LogP contribution >= 0.6 is 0 Å². The van der Waals surface area contributed by atoms with Crippen molar-refractivity contribution in [3.8, 4) is 5.75 Å². The Morgan fingerprint density at radius 3 is 2.61 bits per heavy atom. The minimum atomic E-state index is -0.857. The number of pyridine rings is 1. The molecule has 1 aromatic heterocycles. The van der Waals surface area contributed by atoms with Gasteiger partial charge in [0.1, 0.15) is 0 Å². The molecular formula is C17H20N2O4. The summed E-state index contributed by atoms with van der Waals surface area (Å²) in [7, 11) is 1.80. The van der Waals surface area contributed by atoms with E-state index in [1.165, 1.54) is 12.3 Å². The Morgan fingerprint density at radius 1 is 1.26 bits per heavy atom. The van der Waals surface area contributed by atoms with E-state index in [9.17, 15) is 14.7 Å². The number of hydrogen-bond acceptors (Lipinski definition) is 4. The Labute approximate surface area is 134 Å². The van der Waals surface area contributed by atoms with Crippen LogP contribution in [0.15, 0.2) is 47.4 Å². The zero-order chi connectivity index (χ0) is 16.8. The SMILES string of the molecule is CN(CCC(=O)O)Cc1cc(=O)c(O)cn1Cc1ccccc1. The van der Waals surface area contributed by atoms with Crippen LogP contribution in [0.25, 0.3) is 0 Å². The van der Waals surface area contributed by atoms with Crippen LogP contribution < -0.4 is 5.43 Å². The molecule has 0 amide bonds. The van der Waals surface area contributed by atoms with Crippen LogP contribution in [0.4, 0.5) is 0 Å². The van der Waals surface area contributed by atoms with Crippen LogP contribution in [0.2, 0.25) is 0 Å². The number of aliphatic carboxylic acids is 1. The molecule has 0 atom stereocenters. The van der Waals surface area contributed by atoms with Gasteiger partial charge in [-0.25, -0.2) is 0 Å². The quantitative estimate of drug-likeness (QED) is 0.809. The zero-order valence-corrected chi connectivity index (χ0v) is 13.0. The van der Waals surface area contributed by atoms with E-state index < -0.39 is 11.4 Å². The third-order valence-corrected chi connectivity index (χ3v) is 3.53. The largest absolute Gasteiger partial charge is 0.503 e. The average molecular weight is 316 g/mol. The summed E-state index contributed by atoms with van der Waals surface area (Å²) in [5.41, 5.74) is 1.34. The van der Waals surface area contributed by atoms with Crippen molar-refractivity contribution in [1.82, 2.24) is 9.47 Å². The second kappa shape index (κ2) is 7.60. The van der Waals surface area contributed by atoms with Gasteiger partial charge in [0, 0.05) is 31.4 Å². The molecule has 0 unspecified atom stereocenters. The number of aromatic hydroxyl groups is 1. The summed E-state index contributed by atoms with van der Waals surface area (Å²) in [4.78, 5) is 24.2. The van der Waals surface area contributed by atoms with Crippen molar-refractivity contribution in [2.45, 2.75) is 19.5 Å². The van der Waals surface area contributed by atoms with E-state index in [1.54, 1.807) is 7.05 Å². The van der Waals surface area contributed by atoms with Crippen LogP contribution in [-0.4, -0.2) is 39.2 Å². The summed E-state index contributed by atoms with van der Waals surface area (Å²) in [6.07, 6.45) is 1.47. The third-order valence-electron chi connectivity index (χ3n) is 3.53. The molecule has 6 nitrogen and oxygen atoms in total. The number of nitrogens with zero attached hydrogens (tertiary/aromatic N) is 2. The van der Waals surface area contributed by atoms with Gasteiger partial charge in [-0.05, 0) is 12.6 Å². The standard InChI is InChI=1S/C17H20N2O4/c1-18(8-7-17(22)23)11-14-9-15(20)16(21)12-19(14)10-13-5-3-2-4-6-13/h2-6,9,12,21H,7-8,10-11H2,1H3,(H,22,23). The molecule has 0 saturated heterocycles. The molecule has 1 aromatic carbocycles. The molecule has 2 rings (SSSR count). The molecule has 2 N–H and O–H groups in total. The predicted molar refractivity (Wildman–Crippen MR) is 86.5 cm³/mol. The zero-order valence-electron chi connectivity index (χ0n) is 13.0. The first kappa shape index (κ1) is 16.8. The molecule has 122 valence electrons. The Balaban J connectivity index is 2.21. The maximum Gasteiger partial charge on any atom is 0.304 e. The molecule has 0 aliphatic rings. The molecule has 2 aromatic rings. The van der Waals surface area contributed by atoms with E-state index >= 15 is 0 Å². The highest BCUT2D eigenvalue weighted by Crippen LogP contribution is 2.11. The van der Waals surface area contributed by atoms with Crippen molar-refractivity contribution in [3.63, 3.8) is 0 Å². The summed E-state index contributed by atoms with van der Waals surface area (Å²) in [5.74, 6) is -1.15. The van der Waals surface area contributed by atoms with Crippen molar-refractivity contribution < 1.29 is 15.0 Å². The first-order chi connectivity index (χ1) is 11.0. The van der Waals surface area contributed by atoms with E-state index in [0.29, 0.717) is 19.6 Å². The smallest absolute Gasteiger partial charge is 0.304 e. The highest BCUT2D eigenvalue weighted by molar-refractivity contribution is 5.66. The van der Waals surface area contributed by atoms with Gasteiger partial charge in [0.05, 0.1) is 12.6 Å². The van der Waals surface area contributed by atoms with Crippen LogP contribution in [0.5, 0.6) is 5.75 Å². The predicted octanol–water partition coefficient (Wildman–Crippen LogP) is 1.51. The van der Waals surface area contributed by atoms with Gasteiger partial charge in [0.25, 0.3) is 0 Å². The van der Waals surface area contributed by atoms with E-state index in [4.69, 9.17) is 5.11 Å². The molecule has 23 heavy (non-hydrogen) atoms. The molecule has 0 fully saturated rings. The van der Waals surface area contributed by atoms with E-state index in [0.717, 1.165) is 11.3 Å². The van der Waals surface area contributed by atoms with E-state index in [2.05, 4.69) is 0 Å². The first-order valence-electron chi connectivity index (χ1n) is 7.32. The molecule has 0 spiro atoms. The Kier molecular flexibility index (Phi) is 5.54. The second-order valence-electron chi connectivity index (χ2n) is 5.51. The van der Waals surface area contributed by atoms with Crippen LogP contribution in [-0.2, 0) is 17.9 Å². The normalized spacial score (nSPS) is 10.9. The molecule has 0 saturated carbocycles. The van der Waals surface area contributed by atoms with Gasteiger partial charge in [0.15, 0.2) is 5.75 Å². The Bertz CT molecular complexity index is 725. The number of carboxylic acid groups (broad SMARTS) is 1. The van der Waals surface area contributed by atoms with Gasteiger partial charge in [-0.3, -0.25) is 9.59 Å². The van der Waals surface area contributed by atoms with Gasteiger partial charge >= 0.3 is 5.97 Å². The fourth-order valence-electron chi connectivity index (χ4n) is 2.31.